The van der Waals surface area contributed by atoms with Gasteiger partial charge in [-0.05, 0) is 61.5 Å². The minimum atomic E-state index is 0.441. The fraction of sp³-hybridized carbons (Fsp3) is 0.300. The number of thiazole rings is 1. The van der Waals surface area contributed by atoms with Crippen molar-refractivity contribution in [1.82, 2.24) is 9.88 Å². The topological polar surface area (TPSA) is 37.4 Å². The molecule has 1 aliphatic heterocycles. The molecule has 1 aromatic heterocycles. The molecule has 6 heteroatoms. The molecule has 1 atom stereocenters. The summed E-state index contributed by atoms with van der Waals surface area (Å²) in [5, 5.41) is 5.35. The van der Waals surface area contributed by atoms with Gasteiger partial charge in [0.25, 0.3) is 0 Å². The molecule has 0 bridgehead atoms. The molecule has 1 N–H and O–H groups in total. The van der Waals surface area contributed by atoms with Gasteiger partial charge < -0.3 is 15.0 Å². The smallest absolute Gasteiger partial charge is 0.173 e. The summed E-state index contributed by atoms with van der Waals surface area (Å²) in [6.45, 7) is 1.91. The Labute approximate surface area is 162 Å². The highest BCUT2D eigenvalue weighted by atomic mass is 32.1. The van der Waals surface area contributed by atoms with Crippen molar-refractivity contribution in [3.63, 3.8) is 0 Å². The van der Waals surface area contributed by atoms with Crippen molar-refractivity contribution in [3.8, 4) is 5.75 Å². The molecule has 134 valence electrons. The van der Waals surface area contributed by atoms with E-state index in [1.54, 1.807) is 7.11 Å². The second-order valence-corrected chi connectivity index (χ2v) is 7.91. The Kier molecular flexibility index (Phi) is 5.04. The van der Waals surface area contributed by atoms with E-state index in [1.807, 2.05) is 41.7 Å². The summed E-state index contributed by atoms with van der Waals surface area (Å²) < 4.78 is 6.46. The van der Waals surface area contributed by atoms with Gasteiger partial charge in [0.2, 0.25) is 0 Å². The molecule has 1 fully saturated rings. The third-order valence-electron chi connectivity index (χ3n) is 4.71. The lowest BCUT2D eigenvalue weighted by atomic mass is 9.99. The van der Waals surface area contributed by atoms with Crippen LogP contribution >= 0.6 is 23.6 Å². The number of fused-ring (bicyclic) bond motifs is 1. The number of aromatic nitrogens is 1. The highest BCUT2D eigenvalue weighted by Gasteiger charge is 2.25. The zero-order valence-corrected chi connectivity index (χ0v) is 16.3. The van der Waals surface area contributed by atoms with Crippen LogP contribution in [0, 0.1) is 0 Å². The molecule has 2 heterocycles. The first-order valence-corrected chi connectivity index (χ1v) is 10.0. The maximum absolute atomic E-state index is 5.65. The largest absolute Gasteiger partial charge is 0.497 e. The van der Waals surface area contributed by atoms with Gasteiger partial charge in [-0.25, -0.2) is 4.98 Å². The number of ether oxygens (including phenoxy) is 1. The molecule has 3 aromatic rings. The van der Waals surface area contributed by atoms with Crippen LogP contribution in [-0.4, -0.2) is 35.2 Å². The average molecular weight is 384 g/mol. The zero-order valence-electron chi connectivity index (χ0n) is 14.6. The van der Waals surface area contributed by atoms with Gasteiger partial charge in [-0.15, -0.1) is 11.3 Å². The number of nitrogens with one attached hydrogen (secondary N) is 1. The Hall–Kier alpha value is -2.18. The fourth-order valence-electron chi connectivity index (χ4n) is 3.30. The lowest BCUT2D eigenvalue weighted by molar-refractivity contribution is 0.312. The number of benzene rings is 2. The Morgan fingerprint density at radius 2 is 2.04 bits per heavy atom. The molecule has 0 radical (unpaired) electrons. The minimum absolute atomic E-state index is 0.441. The Balaban J connectivity index is 1.44. The third kappa shape index (κ3) is 3.66. The molecule has 0 amide bonds. The van der Waals surface area contributed by atoms with E-state index in [0.717, 1.165) is 41.6 Å². The van der Waals surface area contributed by atoms with Crippen molar-refractivity contribution in [1.29, 1.82) is 0 Å². The summed E-state index contributed by atoms with van der Waals surface area (Å²) in [5.74, 6) is 1.28. The molecule has 1 aliphatic rings. The fourth-order valence-corrected chi connectivity index (χ4v) is 4.68. The van der Waals surface area contributed by atoms with Crippen LogP contribution in [0.2, 0.25) is 0 Å². The Morgan fingerprint density at radius 3 is 2.81 bits per heavy atom. The number of hydrogen-bond donors (Lipinski definition) is 1. The van der Waals surface area contributed by atoms with Crippen molar-refractivity contribution in [2.24, 2.45) is 0 Å². The number of hydrogen-bond acceptors (Lipinski definition) is 4. The molecule has 2 aromatic carbocycles. The van der Waals surface area contributed by atoms with Crippen molar-refractivity contribution in [2.45, 2.75) is 18.8 Å². The first kappa shape index (κ1) is 17.2. The van der Waals surface area contributed by atoms with Crippen LogP contribution in [0.4, 0.5) is 5.69 Å². The quantitative estimate of drug-likeness (QED) is 0.653. The van der Waals surface area contributed by atoms with E-state index in [9.17, 15) is 0 Å². The third-order valence-corrected chi connectivity index (χ3v) is 6.27. The van der Waals surface area contributed by atoms with E-state index in [0.29, 0.717) is 5.92 Å². The first-order valence-electron chi connectivity index (χ1n) is 8.78. The highest BCUT2D eigenvalue weighted by molar-refractivity contribution is 7.80. The molecule has 0 spiro atoms. The normalized spacial score (nSPS) is 17.3. The maximum Gasteiger partial charge on any atom is 0.173 e. The van der Waals surface area contributed by atoms with E-state index < -0.39 is 0 Å². The second-order valence-electron chi connectivity index (χ2n) is 6.46. The van der Waals surface area contributed by atoms with Crippen LogP contribution in [0.3, 0.4) is 0 Å². The lowest BCUT2D eigenvalue weighted by Gasteiger charge is -2.33. The summed E-state index contributed by atoms with van der Waals surface area (Å²) in [6, 6.07) is 16.2. The van der Waals surface area contributed by atoms with Crippen molar-refractivity contribution in [3.05, 3.63) is 53.5 Å². The summed E-state index contributed by atoms with van der Waals surface area (Å²) in [6.07, 6.45) is 2.30. The standard InChI is InChI=1S/C20H21N3OS2/c1-24-16-10-8-15(9-11-16)21-20(25)23-12-4-5-14(13-23)19-22-17-6-2-3-7-18(17)26-19/h2-3,6-11,14H,4-5,12-13H2,1H3,(H,21,25)/t14-/m1/s1. The molecular weight excluding hydrogens is 362 g/mol. The number of piperidine rings is 1. The van der Waals surface area contributed by atoms with Crippen molar-refractivity contribution < 1.29 is 4.74 Å². The van der Waals surface area contributed by atoms with Crippen LogP contribution < -0.4 is 10.1 Å². The van der Waals surface area contributed by atoms with Crippen LogP contribution in [0.5, 0.6) is 5.75 Å². The number of likely N-dealkylation sites (tertiary alicyclic amines) is 1. The first-order chi connectivity index (χ1) is 12.7. The van der Waals surface area contributed by atoms with Gasteiger partial charge in [0, 0.05) is 24.7 Å². The number of methoxy groups -OCH3 is 1. The van der Waals surface area contributed by atoms with E-state index >= 15 is 0 Å². The number of anilines is 1. The van der Waals surface area contributed by atoms with Gasteiger partial charge in [-0.1, -0.05) is 12.1 Å². The molecule has 0 aliphatic carbocycles. The summed E-state index contributed by atoms with van der Waals surface area (Å²) in [7, 11) is 1.67. The molecule has 0 unspecified atom stereocenters. The predicted molar refractivity (Wildman–Crippen MR) is 112 cm³/mol. The minimum Gasteiger partial charge on any atom is -0.497 e. The number of nitrogens with zero attached hydrogens (tertiary/aromatic N) is 2. The number of para-hydroxylation sites is 1. The van der Waals surface area contributed by atoms with E-state index in [-0.39, 0.29) is 0 Å². The number of rotatable bonds is 3. The van der Waals surface area contributed by atoms with Gasteiger partial charge in [0.05, 0.1) is 22.3 Å². The van der Waals surface area contributed by atoms with Gasteiger partial charge in [-0.3, -0.25) is 0 Å². The molecule has 1 saturated heterocycles. The van der Waals surface area contributed by atoms with Crippen molar-refractivity contribution in [2.75, 3.05) is 25.5 Å². The Bertz CT molecular complexity index is 874. The van der Waals surface area contributed by atoms with E-state index in [2.05, 4.69) is 28.4 Å². The van der Waals surface area contributed by atoms with Gasteiger partial charge in [-0.2, -0.15) is 0 Å². The highest BCUT2D eigenvalue weighted by Crippen LogP contribution is 2.33. The molecule has 4 nitrogen and oxygen atoms in total. The van der Waals surface area contributed by atoms with Crippen LogP contribution in [0.15, 0.2) is 48.5 Å². The van der Waals surface area contributed by atoms with Gasteiger partial charge >= 0.3 is 0 Å². The second kappa shape index (κ2) is 7.60. The molecule has 26 heavy (non-hydrogen) atoms. The Morgan fingerprint density at radius 1 is 1.23 bits per heavy atom. The van der Waals surface area contributed by atoms with Gasteiger partial charge in [0.1, 0.15) is 5.75 Å². The van der Waals surface area contributed by atoms with E-state index in [4.69, 9.17) is 21.9 Å². The predicted octanol–water partition coefficient (Wildman–Crippen LogP) is 4.88. The summed E-state index contributed by atoms with van der Waals surface area (Å²) in [5.41, 5.74) is 2.08. The SMILES string of the molecule is COc1ccc(NC(=S)N2CCC[C@@H](c3nc4ccccc4s3)C2)cc1. The van der Waals surface area contributed by atoms with Gasteiger partial charge in [0.15, 0.2) is 5.11 Å². The molecular formula is C20H21N3OS2. The summed E-state index contributed by atoms with van der Waals surface area (Å²) >= 11 is 7.46. The van der Waals surface area contributed by atoms with Crippen LogP contribution in [0.25, 0.3) is 10.2 Å². The van der Waals surface area contributed by atoms with Crippen molar-refractivity contribution >= 4 is 44.6 Å². The van der Waals surface area contributed by atoms with Crippen LogP contribution in [-0.2, 0) is 0 Å². The number of thiocarbonyl (C=S) groups is 1. The molecule has 0 saturated carbocycles. The maximum atomic E-state index is 5.65. The zero-order chi connectivity index (χ0) is 17.9. The lowest BCUT2D eigenvalue weighted by Crippen LogP contribution is -2.41. The molecule has 4 rings (SSSR count). The van der Waals surface area contributed by atoms with E-state index in [1.165, 1.54) is 16.1 Å². The van der Waals surface area contributed by atoms with Crippen LogP contribution in [0.1, 0.15) is 23.8 Å². The summed E-state index contributed by atoms with van der Waals surface area (Å²) in [4.78, 5) is 7.11. The monoisotopic (exact) mass is 383 g/mol. The average Bonchev–Trinajstić information content (AvgIpc) is 3.13.